The average Bonchev–Trinajstić information content (AvgIpc) is 2.45. The molecule has 20 heavy (non-hydrogen) atoms. The Bertz CT molecular complexity index is 507. The van der Waals surface area contributed by atoms with Crippen molar-refractivity contribution < 1.29 is 19.8 Å². The second-order valence-electron chi connectivity index (χ2n) is 4.06. The molecule has 1 aromatic rings. The maximum atomic E-state index is 11.4. The number of aliphatic carboxylic acids is 1. The largest absolute Gasteiger partial charge is 0.479 e. The van der Waals surface area contributed by atoms with Crippen molar-refractivity contribution in [2.24, 2.45) is 0 Å². The first-order valence-corrected chi connectivity index (χ1v) is 5.94. The van der Waals surface area contributed by atoms with Gasteiger partial charge in [-0.05, 0) is 17.7 Å². The molecule has 0 aromatic heterocycles. The molecule has 7 heteroatoms. The number of carboxylic acids is 1. The molecule has 0 aliphatic rings. The van der Waals surface area contributed by atoms with Crippen LogP contribution in [-0.4, -0.2) is 34.9 Å². The highest BCUT2D eigenvalue weighted by molar-refractivity contribution is 5.74. The highest BCUT2D eigenvalue weighted by atomic mass is 16.4. The Hall–Kier alpha value is -2.59. The number of hydrogen-bond acceptors (Lipinski definition) is 4. The van der Waals surface area contributed by atoms with E-state index in [1.807, 2.05) is 6.07 Å². The Morgan fingerprint density at radius 2 is 1.90 bits per heavy atom. The summed E-state index contributed by atoms with van der Waals surface area (Å²) < 4.78 is 0. The lowest BCUT2D eigenvalue weighted by molar-refractivity contribution is -0.146. The topological polar surface area (TPSA) is 122 Å². The number of nitriles is 1. The summed E-state index contributed by atoms with van der Waals surface area (Å²) in [4.78, 5) is 21.7. The number of carbonyl (C=O) groups is 2. The van der Waals surface area contributed by atoms with E-state index in [2.05, 4.69) is 10.6 Å². The molecule has 1 unspecified atom stereocenters. The number of hydrogen-bond donors (Lipinski definition) is 4. The first-order valence-electron chi connectivity index (χ1n) is 5.94. The summed E-state index contributed by atoms with van der Waals surface area (Å²) in [6, 6.07) is 8.30. The molecular weight excluding hydrogens is 262 g/mol. The van der Waals surface area contributed by atoms with Gasteiger partial charge in [-0.2, -0.15) is 5.26 Å². The SMILES string of the molecule is N#Cc1ccc(CNC(=O)NCCC(O)C(=O)O)cc1. The monoisotopic (exact) mass is 277 g/mol. The van der Waals surface area contributed by atoms with E-state index in [1.54, 1.807) is 24.3 Å². The van der Waals surface area contributed by atoms with Gasteiger partial charge in [0.2, 0.25) is 0 Å². The van der Waals surface area contributed by atoms with Crippen molar-refractivity contribution in [3.05, 3.63) is 35.4 Å². The summed E-state index contributed by atoms with van der Waals surface area (Å²) in [5.74, 6) is -1.32. The molecule has 0 fully saturated rings. The van der Waals surface area contributed by atoms with E-state index >= 15 is 0 Å². The van der Waals surface area contributed by atoms with Crippen molar-refractivity contribution >= 4 is 12.0 Å². The molecule has 0 saturated carbocycles. The van der Waals surface area contributed by atoms with Gasteiger partial charge in [0.05, 0.1) is 11.6 Å². The summed E-state index contributed by atoms with van der Waals surface area (Å²) in [6.45, 7) is 0.353. The first kappa shape index (κ1) is 15.5. The van der Waals surface area contributed by atoms with E-state index in [0.717, 1.165) is 5.56 Å². The molecule has 1 aromatic carbocycles. The molecule has 1 rings (SSSR count). The molecule has 0 aliphatic carbocycles. The lowest BCUT2D eigenvalue weighted by Crippen LogP contribution is -2.37. The van der Waals surface area contributed by atoms with Gasteiger partial charge in [-0.3, -0.25) is 0 Å². The molecule has 7 nitrogen and oxygen atoms in total. The summed E-state index contributed by atoms with van der Waals surface area (Å²) in [7, 11) is 0. The van der Waals surface area contributed by atoms with Crippen LogP contribution in [0.3, 0.4) is 0 Å². The van der Waals surface area contributed by atoms with Crippen LogP contribution in [0.25, 0.3) is 0 Å². The third kappa shape index (κ3) is 5.37. The second kappa shape index (κ2) is 7.76. The van der Waals surface area contributed by atoms with Crippen LogP contribution in [0.5, 0.6) is 0 Å². The van der Waals surface area contributed by atoms with Gasteiger partial charge in [0.15, 0.2) is 6.10 Å². The van der Waals surface area contributed by atoms with Crippen molar-refractivity contribution in [2.45, 2.75) is 19.1 Å². The zero-order valence-electron chi connectivity index (χ0n) is 10.7. The Balaban J connectivity index is 2.26. The summed E-state index contributed by atoms with van der Waals surface area (Å²) in [5.41, 5.74) is 1.38. The predicted octanol–water partition coefficient (Wildman–Crippen LogP) is 0.193. The van der Waals surface area contributed by atoms with Crippen LogP contribution >= 0.6 is 0 Å². The van der Waals surface area contributed by atoms with E-state index in [9.17, 15) is 9.59 Å². The fraction of sp³-hybridized carbons (Fsp3) is 0.308. The molecule has 4 N–H and O–H groups in total. The third-order valence-electron chi connectivity index (χ3n) is 2.52. The van der Waals surface area contributed by atoms with E-state index < -0.39 is 18.1 Å². The summed E-state index contributed by atoms with van der Waals surface area (Å²) in [5, 5.41) is 31.1. The number of urea groups is 1. The Morgan fingerprint density at radius 3 is 2.45 bits per heavy atom. The maximum Gasteiger partial charge on any atom is 0.332 e. The number of benzene rings is 1. The van der Waals surface area contributed by atoms with Crippen molar-refractivity contribution in [1.82, 2.24) is 10.6 Å². The molecule has 1 atom stereocenters. The van der Waals surface area contributed by atoms with Crippen LogP contribution in [0.2, 0.25) is 0 Å². The van der Waals surface area contributed by atoms with Crippen LogP contribution in [0.4, 0.5) is 4.79 Å². The molecule has 106 valence electrons. The van der Waals surface area contributed by atoms with E-state index in [-0.39, 0.29) is 13.0 Å². The van der Waals surface area contributed by atoms with Gasteiger partial charge in [-0.1, -0.05) is 12.1 Å². The minimum Gasteiger partial charge on any atom is -0.479 e. The fourth-order valence-corrected chi connectivity index (χ4v) is 1.39. The molecule has 0 aliphatic heterocycles. The van der Waals surface area contributed by atoms with Crippen LogP contribution < -0.4 is 10.6 Å². The molecule has 2 amide bonds. The second-order valence-corrected chi connectivity index (χ2v) is 4.06. The summed E-state index contributed by atoms with van der Waals surface area (Å²) >= 11 is 0. The van der Waals surface area contributed by atoms with Gasteiger partial charge >= 0.3 is 12.0 Å². The van der Waals surface area contributed by atoms with Crippen LogP contribution in [-0.2, 0) is 11.3 Å². The van der Waals surface area contributed by atoms with Crippen molar-refractivity contribution in [3.63, 3.8) is 0 Å². The Morgan fingerprint density at radius 1 is 1.25 bits per heavy atom. The highest BCUT2D eigenvalue weighted by Gasteiger charge is 2.12. The fourth-order valence-electron chi connectivity index (χ4n) is 1.39. The maximum absolute atomic E-state index is 11.4. The molecule has 0 spiro atoms. The molecule has 0 saturated heterocycles. The Kier molecular flexibility index (Phi) is 6.00. The predicted molar refractivity (Wildman–Crippen MR) is 69.7 cm³/mol. The quantitative estimate of drug-likeness (QED) is 0.591. The molecule has 0 heterocycles. The highest BCUT2D eigenvalue weighted by Crippen LogP contribution is 2.02. The van der Waals surface area contributed by atoms with Crippen LogP contribution in [0.15, 0.2) is 24.3 Å². The number of amides is 2. The minimum atomic E-state index is -1.48. The number of nitrogens with zero attached hydrogens (tertiary/aromatic N) is 1. The first-order chi connectivity index (χ1) is 9.52. The zero-order chi connectivity index (χ0) is 15.0. The standard InChI is InChI=1S/C13H15N3O4/c14-7-9-1-3-10(4-2-9)8-16-13(20)15-6-5-11(17)12(18)19/h1-4,11,17H,5-6,8H2,(H,18,19)(H2,15,16,20). The van der Waals surface area contributed by atoms with Gasteiger partial charge in [0.25, 0.3) is 0 Å². The van der Waals surface area contributed by atoms with Gasteiger partial charge in [-0.25, -0.2) is 9.59 Å². The number of rotatable bonds is 6. The van der Waals surface area contributed by atoms with Crippen LogP contribution in [0, 0.1) is 11.3 Å². The zero-order valence-corrected chi connectivity index (χ0v) is 10.7. The van der Waals surface area contributed by atoms with Gasteiger partial charge in [0.1, 0.15) is 0 Å². The number of aliphatic hydroxyl groups is 1. The van der Waals surface area contributed by atoms with Gasteiger partial charge in [0, 0.05) is 19.5 Å². The van der Waals surface area contributed by atoms with E-state index in [0.29, 0.717) is 12.1 Å². The van der Waals surface area contributed by atoms with Crippen molar-refractivity contribution in [2.75, 3.05) is 6.54 Å². The molecule has 0 bridgehead atoms. The number of carbonyl (C=O) groups excluding carboxylic acids is 1. The van der Waals surface area contributed by atoms with E-state index in [4.69, 9.17) is 15.5 Å². The van der Waals surface area contributed by atoms with E-state index in [1.165, 1.54) is 0 Å². The number of aliphatic hydroxyl groups excluding tert-OH is 1. The van der Waals surface area contributed by atoms with Gasteiger partial charge < -0.3 is 20.8 Å². The van der Waals surface area contributed by atoms with Crippen LogP contribution in [0.1, 0.15) is 17.5 Å². The number of carboxylic acid groups (broad SMARTS) is 1. The van der Waals surface area contributed by atoms with Crippen molar-refractivity contribution in [1.29, 1.82) is 5.26 Å². The lowest BCUT2D eigenvalue weighted by atomic mass is 10.1. The average molecular weight is 277 g/mol. The van der Waals surface area contributed by atoms with Crippen molar-refractivity contribution in [3.8, 4) is 6.07 Å². The Labute approximate surface area is 115 Å². The molecular formula is C13H15N3O4. The normalized spacial score (nSPS) is 11.2. The third-order valence-corrected chi connectivity index (χ3v) is 2.52. The minimum absolute atomic E-state index is 0.0559. The number of nitrogens with one attached hydrogen (secondary N) is 2. The van der Waals surface area contributed by atoms with Gasteiger partial charge in [-0.15, -0.1) is 0 Å². The summed E-state index contributed by atoms with van der Waals surface area (Å²) in [6.07, 6.45) is -1.53. The smallest absolute Gasteiger partial charge is 0.332 e. The lowest BCUT2D eigenvalue weighted by Gasteiger charge is -2.09. The molecule has 0 radical (unpaired) electrons.